The van der Waals surface area contributed by atoms with E-state index < -0.39 is 5.97 Å². The van der Waals surface area contributed by atoms with Crippen molar-refractivity contribution in [1.29, 1.82) is 0 Å². The number of esters is 1. The van der Waals surface area contributed by atoms with Gasteiger partial charge >= 0.3 is 5.97 Å². The summed E-state index contributed by atoms with van der Waals surface area (Å²) in [4.78, 5) is 38.9. The Balaban J connectivity index is 2.01. The Bertz CT molecular complexity index is 664. The SMILES string of the molecule is CCCN(CC1CC1)C(=O)COC(=O)c1c(NC(C)=O)sc(C)c1C. The Kier molecular flexibility index (Phi) is 6.58. The number of ether oxygens (including phenoxy) is 1. The van der Waals surface area contributed by atoms with Crippen LogP contribution in [0.3, 0.4) is 0 Å². The molecular weight excluding hydrogens is 340 g/mol. The van der Waals surface area contributed by atoms with Crippen LogP contribution in [0, 0.1) is 19.8 Å². The molecule has 1 aromatic heterocycles. The molecule has 0 spiro atoms. The van der Waals surface area contributed by atoms with Crippen molar-refractivity contribution in [3.05, 3.63) is 16.0 Å². The monoisotopic (exact) mass is 366 g/mol. The molecule has 2 rings (SSSR count). The molecule has 0 saturated heterocycles. The number of nitrogens with zero attached hydrogens (tertiary/aromatic N) is 1. The van der Waals surface area contributed by atoms with E-state index in [9.17, 15) is 14.4 Å². The summed E-state index contributed by atoms with van der Waals surface area (Å²) in [5, 5.41) is 3.14. The molecule has 1 aromatic rings. The van der Waals surface area contributed by atoms with E-state index in [-0.39, 0.29) is 18.4 Å². The first-order valence-electron chi connectivity index (χ1n) is 8.65. The van der Waals surface area contributed by atoms with E-state index in [0.717, 1.165) is 23.4 Å². The molecule has 2 amide bonds. The van der Waals surface area contributed by atoms with Gasteiger partial charge in [-0.05, 0) is 44.6 Å². The highest BCUT2D eigenvalue weighted by Crippen LogP contribution is 2.33. The van der Waals surface area contributed by atoms with Gasteiger partial charge in [-0.1, -0.05) is 6.92 Å². The number of carbonyl (C=O) groups excluding carboxylic acids is 3. The first-order chi connectivity index (χ1) is 11.8. The Morgan fingerprint density at radius 2 is 1.96 bits per heavy atom. The van der Waals surface area contributed by atoms with Gasteiger partial charge in [-0.25, -0.2) is 4.79 Å². The summed E-state index contributed by atoms with van der Waals surface area (Å²) < 4.78 is 5.26. The van der Waals surface area contributed by atoms with Crippen molar-refractivity contribution >= 4 is 34.1 Å². The fraction of sp³-hybridized carbons (Fsp3) is 0.611. The van der Waals surface area contributed by atoms with E-state index in [1.165, 1.54) is 31.1 Å². The van der Waals surface area contributed by atoms with Crippen molar-refractivity contribution in [2.75, 3.05) is 25.0 Å². The van der Waals surface area contributed by atoms with Crippen molar-refractivity contribution in [3.8, 4) is 0 Å². The van der Waals surface area contributed by atoms with Crippen molar-refractivity contribution in [3.63, 3.8) is 0 Å². The molecule has 0 aliphatic heterocycles. The molecule has 1 heterocycles. The smallest absolute Gasteiger partial charge is 0.341 e. The van der Waals surface area contributed by atoms with E-state index in [4.69, 9.17) is 4.74 Å². The molecule has 0 unspecified atom stereocenters. The molecule has 25 heavy (non-hydrogen) atoms. The van der Waals surface area contributed by atoms with Crippen LogP contribution in [0.15, 0.2) is 0 Å². The third kappa shape index (κ3) is 5.29. The van der Waals surface area contributed by atoms with Crippen LogP contribution in [0.25, 0.3) is 0 Å². The quantitative estimate of drug-likeness (QED) is 0.717. The first kappa shape index (κ1) is 19.4. The summed E-state index contributed by atoms with van der Waals surface area (Å²) in [6.45, 7) is 8.27. The average molecular weight is 366 g/mol. The minimum absolute atomic E-state index is 0.159. The number of nitrogens with one attached hydrogen (secondary N) is 1. The van der Waals surface area contributed by atoms with Gasteiger partial charge < -0.3 is 15.0 Å². The molecule has 1 aliphatic rings. The number of hydrogen-bond donors (Lipinski definition) is 1. The molecule has 7 heteroatoms. The lowest BCUT2D eigenvalue weighted by molar-refractivity contribution is -0.134. The van der Waals surface area contributed by atoms with Crippen molar-refractivity contribution in [2.24, 2.45) is 5.92 Å². The minimum atomic E-state index is -0.568. The van der Waals surface area contributed by atoms with Gasteiger partial charge in [-0.15, -0.1) is 11.3 Å². The molecule has 1 saturated carbocycles. The maximum Gasteiger partial charge on any atom is 0.341 e. The Labute approximate surface area is 152 Å². The number of anilines is 1. The van der Waals surface area contributed by atoms with Crippen LogP contribution in [0.1, 0.15) is 53.9 Å². The predicted octanol–water partition coefficient (Wildman–Crippen LogP) is 3.13. The zero-order valence-corrected chi connectivity index (χ0v) is 16.1. The van der Waals surface area contributed by atoms with Gasteiger partial charge in [0, 0.05) is 24.9 Å². The average Bonchev–Trinajstić information content (AvgIpc) is 3.30. The standard InChI is InChI=1S/C18H26N2O4S/c1-5-8-20(9-14-6-7-14)15(22)10-24-18(23)16-11(2)12(3)25-17(16)19-13(4)21/h14H,5-10H2,1-4H3,(H,19,21). The zero-order valence-electron chi connectivity index (χ0n) is 15.3. The van der Waals surface area contributed by atoms with Crippen LogP contribution in [-0.2, 0) is 14.3 Å². The molecule has 0 radical (unpaired) electrons. The maximum atomic E-state index is 12.5. The molecule has 1 N–H and O–H groups in total. The van der Waals surface area contributed by atoms with E-state index in [0.29, 0.717) is 23.0 Å². The number of carbonyl (C=O) groups is 3. The van der Waals surface area contributed by atoms with E-state index in [1.807, 2.05) is 20.8 Å². The van der Waals surface area contributed by atoms with Crippen LogP contribution in [0.4, 0.5) is 5.00 Å². The summed E-state index contributed by atoms with van der Waals surface area (Å²) in [6, 6.07) is 0. The van der Waals surface area contributed by atoms with E-state index >= 15 is 0 Å². The van der Waals surface area contributed by atoms with Gasteiger partial charge in [-0.3, -0.25) is 9.59 Å². The lowest BCUT2D eigenvalue weighted by Gasteiger charge is -2.21. The minimum Gasteiger partial charge on any atom is -0.452 e. The van der Waals surface area contributed by atoms with Crippen molar-refractivity contribution in [2.45, 2.75) is 47.0 Å². The molecule has 0 bridgehead atoms. The third-order valence-corrected chi connectivity index (χ3v) is 5.35. The fourth-order valence-corrected chi connectivity index (χ4v) is 3.71. The molecule has 1 fully saturated rings. The number of amides is 2. The van der Waals surface area contributed by atoms with Gasteiger partial charge in [0.25, 0.3) is 5.91 Å². The van der Waals surface area contributed by atoms with Crippen molar-refractivity contribution < 1.29 is 19.1 Å². The molecule has 6 nitrogen and oxygen atoms in total. The summed E-state index contributed by atoms with van der Waals surface area (Å²) >= 11 is 1.33. The molecular formula is C18H26N2O4S. The largest absolute Gasteiger partial charge is 0.452 e. The summed E-state index contributed by atoms with van der Waals surface area (Å²) in [7, 11) is 0. The van der Waals surface area contributed by atoms with Crippen LogP contribution < -0.4 is 5.32 Å². The topological polar surface area (TPSA) is 75.7 Å². The second-order valence-corrected chi connectivity index (χ2v) is 7.75. The molecule has 0 aromatic carbocycles. The number of hydrogen-bond acceptors (Lipinski definition) is 5. The van der Waals surface area contributed by atoms with Gasteiger partial charge in [0.2, 0.25) is 5.91 Å². The number of thiophene rings is 1. The van der Waals surface area contributed by atoms with Crippen LogP contribution >= 0.6 is 11.3 Å². The second kappa shape index (κ2) is 8.47. The molecule has 0 atom stereocenters. The number of aryl methyl sites for hydroxylation is 1. The number of rotatable bonds is 8. The van der Waals surface area contributed by atoms with Gasteiger partial charge in [-0.2, -0.15) is 0 Å². The Hall–Kier alpha value is -1.89. The van der Waals surface area contributed by atoms with Gasteiger partial charge in [0.1, 0.15) is 5.00 Å². The lowest BCUT2D eigenvalue weighted by Crippen LogP contribution is -2.36. The normalized spacial score (nSPS) is 13.4. The van der Waals surface area contributed by atoms with Crippen LogP contribution in [0.2, 0.25) is 0 Å². The lowest BCUT2D eigenvalue weighted by atomic mass is 10.1. The van der Waals surface area contributed by atoms with Crippen molar-refractivity contribution in [1.82, 2.24) is 4.90 Å². The van der Waals surface area contributed by atoms with Crippen LogP contribution in [0.5, 0.6) is 0 Å². The Morgan fingerprint density at radius 3 is 2.52 bits per heavy atom. The second-order valence-electron chi connectivity index (χ2n) is 6.53. The summed E-state index contributed by atoms with van der Waals surface area (Å²) in [6.07, 6.45) is 3.21. The highest BCUT2D eigenvalue weighted by molar-refractivity contribution is 7.16. The third-order valence-electron chi connectivity index (χ3n) is 4.23. The highest BCUT2D eigenvalue weighted by atomic mass is 32.1. The fourth-order valence-electron chi connectivity index (χ4n) is 2.61. The van der Waals surface area contributed by atoms with E-state index in [1.54, 1.807) is 4.90 Å². The first-order valence-corrected chi connectivity index (χ1v) is 9.47. The highest BCUT2D eigenvalue weighted by Gasteiger charge is 2.27. The molecule has 1 aliphatic carbocycles. The van der Waals surface area contributed by atoms with Gasteiger partial charge in [0.05, 0.1) is 5.56 Å². The summed E-state index contributed by atoms with van der Waals surface area (Å²) in [5.41, 5.74) is 1.12. The van der Waals surface area contributed by atoms with Gasteiger partial charge in [0.15, 0.2) is 6.61 Å². The van der Waals surface area contributed by atoms with E-state index in [2.05, 4.69) is 5.32 Å². The Morgan fingerprint density at radius 1 is 1.28 bits per heavy atom. The predicted molar refractivity (Wildman–Crippen MR) is 98.0 cm³/mol. The zero-order chi connectivity index (χ0) is 18.6. The maximum absolute atomic E-state index is 12.5. The van der Waals surface area contributed by atoms with Crippen LogP contribution in [-0.4, -0.2) is 42.4 Å². The molecule has 138 valence electrons. The summed E-state index contributed by atoms with van der Waals surface area (Å²) in [5.74, 6) is -0.376.